The van der Waals surface area contributed by atoms with Crippen molar-refractivity contribution >= 4 is 53.2 Å². The van der Waals surface area contributed by atoms with Gasteiger partial charge in [0.05, 0.1) is 65.0 Å². The third-order valence-electron chi connectivity index (χ3n) is 15.6. The Morgan fingerprint density at radius 1 is 0.347 bits per heavy atom. The fourth-order valence-corrected chi connectivity index (χ4v) is 10.2. The van der Waals surface area contributed by atoms with E-state index in [1.54, 1.807) is 0 Å². The average Bonchev–Trinajstić information content (AvgIpc) is 0.825. The SMILES string of the molecule is CC(=O)N[C@H]1[C@H](OCCCCC(=O)NCCCNC(=O)CCOCC(N)(COCCC(=O)NCCCNC(=O)CCCCO[C@@H]2O[C@H](CO)[C@H](O)[C@H](O)[C@H]2NC(C)=O)COCCC(=O)NCCCNC(=O)CCCCO[C@@H]2O[C@H](CO)[C@H](O)[C@H](O)[C@H]2NC(C)=O)O[C@H](CO)[C@H](O)[C@@H]1O. The molecule has 15 atom stereocenters. The molecule has 3 rings (SSSR count). The second kappa shape index (κ2) is 49.1. The first-order valence-electron chi connectivity index (χ1n) is 33.5. The van der Waals surface area contributed by atoms with Crippen LogP contribution in [0.15, 0.2) is 0 Å². The predicted molar refractivity (Wildman–Crippen MR) is 341 cm³/mol. The minimum absolute atomic E-state index is 0.0371. The van der Waals surface area contributed by atoms with Crippen molar-refractivity contribution < 1.29 is 132 Å². The molecule has 3 saturated heterocycles. The van der Waals surface area contributed by atoms with Gasteiger partial charge in [-0.3, -0.25) is 43.2 Å². The first-order chi connectivity index (χ1) is 46.8. The fraction of sp³-hybridized carbons (Fsp3) is 0.852. The highest BCUT2D eigenvalue weighted by Crippen LogP contribution is 2.25. The molecule has 3 aliphatic heterocycles. The first kappa shape index (κ1) is 86.7. The van der Waals surface area contributed by atoms with Crippen molar-refractivity contribution in [1.29, 1.82) is 0 Å². The molecule has 3 heterocycles. The number of hydrogen-bond donors (Lipinski definition) is 19. The van der Waals surface area contributed by atoms with Gasteiger partial charge in [-0.15, -0.1) is 0 Å². The summed E-state index contributed by atoms with van der Waals surface area (Å²) < 4.78 is 51.0. The van der Waals surface area contributed by atoms with Crippen LogP contribution >= 0.6 is 0 Å². The molecule has 37 nitrogen and oxygen atoms in total. The molecule has 0 unspecified atom stereocenters. The summed E-state index contributed by atoms with van der Waals surface area (Å²) in [7, 11) is 0. The number of unbranched alkanes of at least 4 members (excludes halogenated alkanes) is 3. The molecule has 0 bridgehead atoms. The largest absolute Gasteiger partial charge is 0.394 e. The van der Waals surface area contributed by atoms with E-state index in [1.165, 1.54) is 20.8 Å². The Kier molecular flexibility index (Phi) is 43.4. The summed E-state index contributed by atoms with van der Waals surface area (Å²) in [6, 6.07) is -3.23. The van der Waals surface area contributed by atoms with E-state index in [0.717, 1.165) is 0 Å². The normalized spacial score (nSPS) is 25.5. The van der Waals surface area contributed by atoms with Gasteiger partial charge in [-0.1, -0.05) is 0 Å². The quantitative estimate of drug-likeness (QED) is 0.0252. The standard InChI is InChI=1S/C61H110N10O27/c1-37(75)69-49-55(87)52(84)40(31-72)96-58(49)93-25-7-4-13-43(78)63-19-10-22-66-46(81)16-28-90-34-61(62,35-91-29-17-47(82)67-23-11-20-64-44(79)14-5-8-26-94-59-50(70-38(2)76)56(88)53(85)41(32-73)97-59)36-92-30-18-48(83)68-24-12-21-65-45(80)15-6-9-27-95-60-51(71-39(3)77)57(89)54(86)42(33-74)98-60/h40-42,49-60,72-74,84-89H,4-36,62H2,1-3H3,(H,63,78)(H,64,79)(H,65,80)(H,66,81)(H,67,82)(H,68,83)(H,69,75)(H,70,76)(H,71,77)/t40-,41-,42-,49-,50-,51-,52+,53+,54+,55-,56-,57-,58-,59-,60-/m1/s1. The number of nitrogens with two attached hydrogens (primary N) is 1. The van der Waals surface area contributed by atoms with Crippen molar-refractivity contribution in [3.63, 3.8) is 0 Å². The molecule has 37 heteroatoms. The maximum absolute atomic E-state index is 12.7. The third kappa shape index (κ3) is 34.7. The summed E-state index contributed by atoms with van der Waals surface area (Å²) in [5.41, 5.74) is 5.39. The zero-order chi connectivity index (χ0) is 72.4. The number of amides is 9. The van der Waals surface area contributed by atoms with Gasteiger partial charge in [-0.2, -0.15) is 0 Å². The van der Waals surface area contributed by atoms with Gasteiger partial charge in [-0.25, -0.2) is 0 Å². The van der Waals surface area contributed by atoms with Gasteiger partial charge < -0.3 is 142 Å². The molecule has 98 heavy (non-hydrogen) atoms. The zero-order valence-corrected chi connectivity index (χ0v) is 56.4. The number of rotatable bonds is 51. The van der Waals surface area contributed by atoms with Crippen LogP contribution in [0.5, 0.6) is 0 Å². The second-order valence-electron chi connectivity index (χ2n) is 24.2. The highest BCUT2D eigenvalue weighted by Gasteiger charge is 2.48. The minimum Gasteiger partial charge on any atom is -0.394 e. The molecule has 0 saturated carbocycles. The highest BCUT2D eigenvalue weighted by atomic mass is 16.7. The van der Waals surface area contributed by atoms with Crippen LogP contribution in [0.3, 0.4) is 0 Å². The molecular weight excluding hydrogens is 1300 g/mol. The molecule has 0 aromatic heterocycles. The molecule has 0 aliphatic carbocycles. The summed E-state index contributed by atoms with van der Waals surface area (Å²) in [5.74, 6) is -3.12. The van der Waals surface area contributed by atoms with Crippen LogP contribution in [0, 0.1) is 0 Å². The molecule has 3 aliphatic rings. The van der Waals surface area contributed by atoms with Crippen LogP contribution in [0.1, 0.15) is 117 Å². The summed E-state index contributed by atoms with van der Waals surface area (Å²) in [5, 5.41) is 114. The van der Waals surface area contributed by atoms with Crippen molar-refractivity contribution in [3.05, 3.63) is 0 Å². The van der Waals surface area contributed by atoms with Crippen LogP contribution in [0.2, 0.25) is 0 Å². The van der Waals surface area contributed by atoms with Gasteiger partial charge >= 0.3 is 0 Å². The van der Waals surface area contributed by atoms with E-state index in [-0.39, 0.29) is 173 Å². The fourth-order valence-electron chi connectivity index (χ4n) is 10.2. The lowest BCUT2D eigenvalue weighted by Gasteiger charge is -2.42. The van der Waals surface area contributed by atoms with Crippen molar-refractivity contribution in [3.8, 4) is 0 Å². The highest BCUT2D eigenvalue weighted by molar-refractivity contribution is 5.78. The van der Waals surface area contributed by atoms with E-state index in [2.05, 4.69) is 47.9 Å². The Morgan fingerprint density at radius 3 is 0.806 bits per heavy atom. The van der Waals surface area contributed by atoms with Crippen LogP contribution in [-0.4, -0.2) is 315 Å². The smallest absolute Gasteiger partial charge is 0.222 e. The first-order valence-corrected chi connectivity index (χ1v) is 33.5. The second-order valence-corrected chi connectivity index (χ2v) is 24.2. The van der Waals surface area contributed by atoms with Crippen molar-refractivity contribution in [2.45, 2.75) is 215 Å². The monoisotopic (exact) mass is 1410 g/mol. The molecule has 0 aromatic rings. The lowest BCUT2D eigenvalue weighted by Crippen LogP contribution is -2.64. The number of aliphatic hydroxyl groups excluding tert-OH is 9. The van der Waals surface area contributed by atoms with Gasteiger partial charge in [0, 0.05) is 118 Å². The number of ether oxygens (including phenoxy) is 9. The van der Waals surface area contributed by atoms with Crippen LogP contribution in [0.4, 0.5) is 0 Å². The van der Waals surface area contributed by atoms with E-state index < -0.39 is 135 Å². The number of hydrogen-bond acceptors (Lipinski definition) is 28. The summed E-state index contributed by atoms with van der Waals surface area (Å²) in [6.45, 7) is 3.30. The van der Waals surface area contributed by atoms with Gasteiger partial charge in [0.15, 0.2) is 18.9 Å². The predicted octanol–water partition coefficient (Wildman–Crippen LogP) is -7.84. The molecule has 3 fully saturated rings. The Bertz CT molecular complexity index is 2110. The van der Waals surface area contributed by atoms with Crippen molar-refractivity contribution in [2.24, 2.45) is 5.73 Å². The van der Waals surface area contributed by atoms with Crippen molar-refractivity contribution in [1.82, 2.24) is 47.9 Å². The molecule has 0 radical (unpaired) electrons. The lowest BCUT2D eigenvalue weighted by molar-refractivity contribution is -0.270. The Morgan fingerprint density at radius 2 is 0.582 bits per heavy atom. The molecular formula is C61H110N10O27. The molecule has 566 valence electrons. The molecule has 20 N–H and O–H groups in total. The van der Waals surface area contributed by atoms with E-state index in [4.69, 9.17) is 48.4 Å². The van der Waals surface area contributed by atoms with E-state index in [9.17, 15) is 89.1 Å². The minimum atomic E-state index is -1.44. The van der Waals surface area contributed by atoms with Gasteiger partial charge in [0.25, 0.3) is 0 Å². The Labute approximate surface area is 570 Å². The molecule has 0 aromatic carbocycles. The topological polar surface area (TPSA) is 553 Å². The zero-order valence-electron chi connectivity index (χ0n) is 56.4. The van der Waals surface area contributed by atoms with Gasteiger partial charge in [-0.05, 0) is 57.8 Å². The maximum atomic E-state index is 12.7. The number of nitrogens with one attached hydrogen (secondary N) is 9. The van der Waals surface area contributed by atoms with E-state index in [1.807, 2.05) is 0 Å². The summed E-state index contributed by atoms with van der Waals surface area (Å²) in [6.07, 6.45) is -11.2. The van der Waals surface area contributed by atoms with Crippen LogP contribution in [-0.2, 0) is 85.8 Å². The average molecular weight is 1420 g/mol. The number of carbonyl (C=O) groups excluding carboxylic acids is 9. The van der Waals surface area contributed by atoms with Crippen LogP contribution in [0.25, 0.3) is 0 Å². The molecule has 9 amide bonds. The number of aliphatic hydroxyl groups is 9. The number of carbonyl (C=O) groups is 9. The van der Waals surface area contributed by atoms with Gasteiger partial charge in [0.2, 0.25) is 53.2 Å². The Balaban J connectivity index is 1.34. The maximum Gasteiger partial charge on any atom is 0.222 e. The van der Waals surface area contributed by atoms with Gasteiger partial charge in [0.1, 0.15) is 73.1 Å². The third-order valence-corrected chi connectivity index (χ3v) is 15.6. The summed E-state index contributed by atoms with van der Waals surface area (Å²) >= 11 is 0. The van der Waals surface area contributed by atoms with Crippen LogP contribution < -0.4 is 53.6 Å². The lowest BCUT2D eigenvalue weighted by atomic mass is 9.97. The van der Waals surface area contributed by atoms with Crippen molar-refractivity contribution in [2.75, 3.05) is 119 Å². The Hall–Kier alpha value is -5.53. The van der Waals surface area contributed by atoms with E-state index in [0.29, 0.717) is 57.8 Å². The molecule has 0 spiro atoms. The summed E-state index contributed by atoms with van der Waals surface area (Å²) in [4.78, 5) is 110. The van der Waals surface area contributed by atoms with E-state index >= 15 is 0 Å².